The molecule has 0 bridgehead atoms. The number of rotatable bonds is 5. The standard InChI is InChI=1S/C17H19N3O/c21-17(20-16-8-4-5-11-18-16)19-15(14-9-10-14)12-13-6-2-1-3-7-13/h1-8,11,14-15H,9-10,12H2,(H2,18,19,20,21). The first-order valence-electron chi connectivity index (χ1n) is 7.34. The van der Waals surface area contributed by atoms with Crippen LogP contribution in [0.25, 0.3) is 0 Å². The monoisotopic (exact) mass is 281 g/mol. The summed E-state index contributed by atoms with van der Waals surface area (Å²) in [4.78, 5) is 16.2. The second-order valence-corrected chi connectivity index (χ2v) is 5.45. The number of hydrogen-bond acceptors (Lipinski definition) is 2. The van der Waals surface area contributed by atoms with Gasteiger partial charge in [0.05, 0.1) is 0 Å². The number of benzene rings is 1. The van der Waals surface area contributed by atoms with Gasteiger partial charge in [0.1, 0.15) is 5.82 Å². The van der Waals surface area contributed by atoms with Crippen LogP contribution in [0.3, 0.4) is 0 Å². The van der Waals surface area contributed by atoms with E-state index in [4.69, 9.17) is 0 Å². The number of carbonyl (C=O) groups is 1. The van der Waals surface area contributed by atoms with E-state index in [9.17, 15) is 4.79 Å². The van der Waals surface area contributed by atoms with Crippen LogP contribution in [0.4, 0.5) is 10.6 Å². The van der Waals surface area contributed by atoms with Crippen molar-refractivity contribution in [3.05, 3.63) is 60.3 Å². The van der Waals surface area contributed by atoms with Crippen molar-refractivity contribution in [2.24, 2.45) is 5.92 Å². The van der Waals surface area contributed by atoms with Gasteiger partial charge < -0.3 is 5.32 Å². The molecule has 3 rings (SSSR count). The molecule has 1 aromatic carbocycles. The summed E-state index contributed by atoms with van der Waals surface area (Å²) in [5, 5.41) is 5.87. The summed E-state index contributed by atoms with van der Waals surface area (Å²) in [5.41, 5.74) is 1.26. The first-order valence-corrected chi connectivity index (χ1v) is 7.34. The number of carbonyl (C=O) groups excluding carboxylic acids is 1. The molecular weight excluding hydrogens is 262 g/mol. The minimum atomic E-state index is -0.179. The van der Waals surface area contributed by atoms with Crippen LogP contribution < -0.4 is 10.6 Å². The first kappa shape index (κ1) is 13.6. The van der Waals surface area contributed by atoms with Crippen LogP contribution in [-0.2, 0) is 6.42 Å². The molecular formula is C17H19N3O. The van der Waals surface area contributed by atoms with Gasteiger partial charge in [-0.1, -0.05) is 36.4 Å². The lowest BCUT2D eigenvalue weighted by Crippen LogP contribution is -2.40. The molecule has 0 saturated heterocycles. The van der Waals surface area contributed by atoms with E-state index in [1.54, 1.807) is 12.3 Å². The van der Waals surface area contributed by atoms with Crippen molar-refractivity contribution < 1.29 is 4.79 Å². The lowest BCUT2D eigenvalue weighted by molar-refractivity contribution is 0.246. The molecule has 1 unspecified atom stereocenters. The van der Waals surface area contributed by atoms with Crippen molar-refractivity contribution in [1.29, 1.82) is 0 Å². The Bertz CT molecular complexity index is 581. The molecule has 21 heavy (non-hydrogen) atoms. The average molecular weight is 281 g/mol. The van der Waals surface area contributed by atoms with Crippen molar-refractivity contribution >= 4 is 11.8 Å². The van der Waals surface area contributed by atoms with Gasteiger partial charge in [0.25, 0.3) is 0 Å². The van der Waals surface area contributed by atoms with Crippen LogP contribution in [0.15, 0.2) is 54.7 Å². The van der Waals surface area contributed by atoms with Gasteiger partial charge >= 0.3 is 6.03 Å². The van der Waals surface area contributed by atoms with Crippen LogP contribution in [0.1, 0.15) is 18.4 Å². The van der Waals surface area contributed by atoms with Gasteiger partial charge in [-0.2, -0.15) is 0 Å². The molecule has 2 amide bonds. The molecule has 1 fully saturated rings. The summed E-state index contributed by atoms with van der Waals surface area (Å²) in [6, 6.07) is 15.8. The normalized spacial score (nSPS) is 15.2. The average Bonchev–Trinajstić information content (AvgIpc) is 3.33. The number of nitrogens with zero attached hydrogens (tertiary/aromatic N) is 1. The predicted octanol–water partition coefficient (Wildman–Crippen LogP) is 3.22. The number of hydrogen-bond donors (Lipinski definition) is 2. The van der Waals surface area contributed by atoms with Gasteiger partial charge in [-0.15, -0.1) is 0 Å². The molecule has 1 saturated carbocycles. The van der Waals surface area contributed by atoms with E-state index < -0.39 is 0 Å². The molecule has 4 heteroatoms. The summed E-state index contributed by atoms with van der Waals surface area (Å²) in [7, 11) is 0. The Morgan fingerprint density at radius 1 is 1.14 bits per heavy atom. The van der Waals surface area contributed by atoms with Crippen molar-refractivity contribution in [3.63, 3.8) is 0 Å². The lowest BCUT2D eigenvalue weighted by Gasteiger charge is -2.18. The van der Waals surface area contributed by atoms with Crippen LogP contribution in [-0.4, -0.2) is 17.1 Å². The summed E-state index contributed by atoms with van der Waals surface area (Å²) in [5.74, 6) is 1.17. The van der Waals surface area contributed by atoms with Crippen LogP contribution >= 0.6 is 0 Å². The van der Waals surface area contributed by atoms with Gasteiger partial charge in [0, 0.05) is 12.2 Å². The zero-order chi connectivity index (χ0) is 14.5. The lowest BCUT2D eigenvalue weighted by atomic mass is 10.0. The Labute approximate surface area is 124 Å². The Morgan fingerprint density at radius 3 is 2.57 bits per heavy atom. The zero-order valence-corrected chi connectivity index (χ0v) is 11.8. The fraction of sp³-hybridized carbons (Fsp3) is 0.294. The molecule has 0 spiro atoms. The quantitative estimate of drug-likeness (QED) is 0.884. The SMILES string of the molecule is O=C(Nc1ccccn1)NC(Cc1ccccc1)C1CC1. The van der Waals surface area contributed by atoms with E-state index in [-0.39, 0.29) is 12.1 Å². The summed E-state index contributed by atoms with van der Waals surface area (Å²) < 4.78 is 0. The van der Waals surface area contributed by atoms with Gasteiger partial charge in [-0.05, 0) is 42.9 Å². The Balaban J connectivity index is 1.59. The van der Waals surface area contributed by atoms with Gasteiger partial charge in [-0.3, -0.25) is 5.32 Å². The van der Waals surface area contributed by atoms with Crippen LogP contribution in [0, 0.1) is 5.92 Å². The fourth-order valence-corrected chi connectivity index (χ4v) is 2.46. The van der Waals surface area contributed by atoms with Gasteiger partial charge in [0.15, 0.2) is 0 Å². The predicted molar refractivity (Wildman–Crippen MR) is 83.0 cm³/mol. The maximum absolute atomic E-state index is 12.1. The minimum absolute atomic E-state index is 0.179. The van der Waals surface area contributed by atoms with E-state index in [2.05, 4.69) is 27.8 Å². The molecule has 2 N–H and O–H groups in total. The number of amides is 2. The maximum Gasteiger partial charge on any atom is 0.320 e. The first-order chi connectivity index (χ1) is 10.3. The molecule has 0 radical (unpaired) electrons. The maximum atomic E-state index is 12.1. The Kier molecular flexibility index (Phi) is 4.15. The number of urea groups is 1. The van der Waals surface area contributed by atoms with Gasteiger partial charge in [0.2, 0.25) is 0 Å². The van der Waals surface area contributed by atoms with Crippen molar-refractivity contribution in [2.75, 3.05) is 5.32 Å². The summed E-state index contributed by atoms with van der Waals surface area (Å²) >= 11 is 0. The third-order valence-electron chi connectivity index (χ3n) is 3.71. The number of anilines is 1. The van der Waals surface area contributed by atoms with E-state index in [0.29, 0.717) is 11.7 Å². The second-order valence-electron chi connectivity index (χ2n) is 5.45. The molecule has 1 atom stereocenters. The highest BCUT2D eigenvalue weighted by Gasteiger charge is 2.32. The molecule has 1 aromatic heterocycles. The number of nitrogens with one attached hydrogen (secondary N) is 2. The second kappa shape index (κ2) is 6.39. The smallest absolute Gasteiger partial charge is 0.320 e. The Hall–Kier alpha value is -2.36. The highest BCUT2D eigenvalue weighted by molar-refractivity contribution is 5.88. The molecule has 108 valence electrons. The summed E-state index contributed by atoms with van der Waals surface area (Å²) in [6.07, 6.45) is 4.93. The highest BCUT2D eigenvalue weighted by atomic mass is 16.2. The zero-order valence-electron chi connectivity index (χ0n) is 11.8. The topological polar surface area (TPSA) is 54.0 Å². The number of aromatic nitrogens is 1. The van der Waals surface area contributed by atoms with Crippen LogP contribution in [0.5, 0.6) is 0 Å². The van der Waals surface area contributed by atoms with Crippen molar-refractivity contribution in [3.8, 4) is 0 Å². The minimum Gasteiger partial charge on any atom is -0.334 e. The highest BCUT2D eigenvalue weighted by Crippen LogP contribution is 2.34. The van der Waals surface area contributed by atoms with E-state index in [0.717, 1.165) is 6.42 Å². The molecule has 2 aromatic rings. The van der Waals surface area contributed by atoms with E-state index in [1.807, 2.05) is 30.3 Å². The molecule has 1 heterocycles. The van der Waals surface area contributed by atoms with Crippen molar-refractivity contribution in [2.45, 2.75) is 25.3 Å². The Morgan fingerprint density at radius 2 is 1.90 bits per heavy atom. The largest absolute Gasteiger partial charge is 0.334 e. The third-order valence-corrected chi connectivity index (χ3v) is 3.71. The van der Waals surface area contributed by atoms with E-state index >= 15 is 0 Å². The summed E-state index contributed by atoms with van der Waals surface area (Å²) in [6.45, 7) is 0. The number of pyridine rings is 1. The van der Waals surface area contributed by atoms with Gasteiger partial charge in [-0.25, -0.2) is 9.78 Å². The molecule has 0 aliphatic heterocycles. The van der Waals surface area contributed by atoms with Crippen LogP contribution in [0.2, 0.25) is 0 Å². The fourth-order valence-electron chi connectivity index (χ4n) is 2.46. The molecule has 1 aliphatic carbocycles. The molecule has 1 aliphatic rings. The molecule has 4 nitrogen and oxygen atoms in total. The van der Waals surface area contributed by atoms with E-state index in [1.165, 1.54) is 18.4 Å². The third kappa shape index (κ3) is 4.05. The van der Waals surface area contributed by atoms with Crippen molar-refractivity contribution in [1.82, 2.24) is 10.3 Å².